The van der Waals surface area contributed by atoms with Crippen LogP contribution in [-0.2, 0) is 4.79 Å². The number of halogens is 2. The summed E-state index contributed by atoms with van der Waals surface area (Å²) in [4.78, 5) is 16.6. The molecule has 132 valence electrons. The predicted molar refractivity (Wildman–Crippen MR) is 100 cm³/mol. The van der Waals surface area contributed by atoms with E-state index in [1.54, 1.807) is 35.1 Å². The van der Waals surface area contributed by atoms with Gasteiger partial charge in [-0.05, 0) is 31.2 Å². The summed E-state index contributed by atoms with van der Waals surface area (Å²) in [6, 6.07) is 10.0. The zero-order valence-electron chi connectivity index (χ0n) is 13.7. The summed E-state index contributed by atoms with van der Waals surface area (Å²) < 4.78 is 16.2. The minimum atomic E-state index is -0.449. The van der Waals surface area contributed by atoms with Crippen molar-refractivity contribution in [3.8, 4) is 5.82 Å². The second-order valence-electron chi connectivity index (χ2n) is 5.82. The Balaban J connectivity index is 1.95. The summed E-state index contributed by atoms with van der Waals surface area (Å²) in [6.07, 6.45) is 1.65. The van der Waals surface area contributed by atoms with Crippen LogP contribution in [0.25, 0.3) is 5.82 Å². The molecule has 1 aliphatic heterocycles. The number of hydrogen-bond donors (Lipinski definition) is 1. The number of hydrogen-bond acceptors (Lipinski definition) is 4. The van der Waals surface area contributed by atoms with E-state index in [9.17, 15) is 9.18 Å². The predicted octanol–water partition coefficient (Wildman–Crippen LogP) is 4.14. The molecule has 5 nitrogen and oxygen atoms in total. The normalized spacial score (nSPS) is 16.7. The van der Waals surface area contributed by atoms with E-state index in [4.69, 9.17) is 11.6 Å². The van der Waals surface area contributed by atoms with Crippen LogP contribution in [-0.4, -0.2) is 26.4 Å². The van der Waals surface area contributed by atoms with Crippen LogP contribution >= 0.6 is 23.4 Å². The van der Waals surface area contributed by atoms with Crippen LogP contribution in [0.5, 0.6) is 0 Å². The molecule has 0 saturated carbocycles. The molecule has 26 heavy (non-hydrogen) atoms. The van der Waals surface area contributed by atoms with Crippen LogP contribution in [0.1, 0.15) is 22.1 Å². The van der Waals surface area contributed by atoms with Gasteiger partial charge in [0, 0.05) is 22.3 Å². The lowest BCUT2D eigenvalue weighted by Crippen LogP contribution is -2.16. The van der Waals surface area contributed by atoms with Gasteiger partial charge in [0.15, 0.2) is 5.82 Å². The highest BCUT2D eigenvalue weighted by Gasteiger charge is 2.33. The van der Waals surface area contributed by atoms with E-state index in [2.05, 4.69) is 15.4 Å². The average Bonchev–Trinajstić information content (AvgIpc) is 2.83. The van der Waals surface area contributed by atoms with E-state index in [1.807, 2.05) is 13.0 Å². The van der Waals surface area contributed by atoms with Gasteiger partial charge < -0.3 is 5.32 Å². The van der Waals surface area contributed by atoms with E-state index >= 15 is 0 Å². The fourth-order valence-electron chi connectivity index (χ4n) is 3.02. The fraction of sp³-hybridized carbons (Fsp3) is 0.167. The Bertz CT molecular complexity index is 972. The smallest absolute Gasteiger partial charge is 0.235 e. The summed E-state index contributed by atoms with van der Waals surface area (Å²) in [5.74, 6) is 0.678. The van der Waals surface area contributed by atoms with Crippen molar-refractivity contribution in [1.82, 2.24) is 14.8 Å². The second kappa shape index (κ2) is 6.74. The van der Waals surface area contributed by atoms with Gasteiger partial charge in [0.1, 0.15) is 11.6 Å². The summed E-state index contributed by atoms with van der Waals surface area (Å²) in [6.45, 7) is 1.83. The first-order chi connectivity index (χ1) is 12.6. The van der Waals surface area contributed by atoms with E-state index < -0.39 is 11.1 Å². The van der Waals surface area contributed by atoms with Crippen LogP contribution < -0.4 is 5.32 Å². The third-order valence-electron chi connectivity index (χ3n) is 4.14. The van der Waals surface area contributed by atoms with Gasteiger partial charge in [-0.3, -0.25) is 4.79 Å². The number of carbonyl (C=O) groups is 1. The summed E-state index contributed by atoms with van der Waals surface area (Å²) in [7, 11) is 0. The van der Waals surface area contributed by atoms with Gasteiger partial charge in [0.25, 0.3) is 0 Å². The number of benzene rings is 1. The number of aromatic nitrogens is 3. The molecule has 1 aromatic carbocycles. The number of carbonyl (C=O) groups excluding carboxylic acids is 1. The Kier molecular flexibility index (Phi) is 4.42. The monoisotopic (exact) mass is 388 g/mol. The molecule has 3 aromatic rings. The molecule has 1 N–H and O–H groups in total. The van der Waals surface area contributed by atoms with Crippen LogP contribution in [0, 0.1) is 12.7 Å². The topological polar surface area (TPSA) is 59.8 Å². The van der Waals surface area contributed by atoms with Crippen molar-refractivity contribution in [2.75, 3.05) is 11.1 Å². The molecule has 1 amide bonds. The summed E-state index contributed by atoms with van der Waals surface area (Å²) in [5.41, 5.74) is 1.78. The van der Waals surface area contributed by atoms with Gasteiger partial charge >= 0.3 is 0 Å². The molecule has 0 saturated heterocycles. The van der Waals surface area contributed by atoms with Crippen molar-refractivity contribution < 1.29 is 9.18 Å². The van der Waals surface area contributed by atoms with E-state index in [1.165, 1.54) is 17.8 Å². The highest BCUT2D eigenvalue weighted by Crippen LogP contribution is 2.46. The number of pyridine rings is 1. The minimum absolute atomic E-state index is 0.178. The lowest BCUT2D eigenvalue weighted by Gasteiger charge is -2.17. The first-order valence-electron chi connectivity index (χ1n) is 7.92. The first-order valence-corrected chi connectivity index (χ1v) is 9.35. The van der Waals surface area contributed by atoms with E-state index in [0.717, 1.165) is 5.56 Å². The molecule has 0 unspecified atom stereocenters. The quantitative estimate of drug-likeness (QED) is 0.716. The van der Waals surface area contributed by atoms with Gasteiger partial charge in [-0.1, -0.05) is 23.7 Å². The number of fused-ring (bicyclic) bond motifs is 1. The maximum Gasteiger partial charge on any atom is 0.235 e. The second-order valence-corrected chi connectivity index (χ2v) is 7.32. The molecule has 0 bridgehead atoms. The molecule has 0 aliphatic carbocycles. The molecule has 4 rings (SSSR count). The summed E-state index contributed by atoms with van der Waals surface area (Å²) in [5, 5.41) is 7.30. The maximum atomic E-state index is 14.6. The van der Waals surface area contributed by atoms with Crippen molar-refractivity contribution in [2.45, 2.75) is 12.2 Å². The Hall–Kier alpha value is -2.38. The number of amides is 1. The number of thioether (sulfide) groups is 1. The Morgan fingerprint density at radius 1 is 1.27 bits per heavy atom. The minimum Gasteiger partial charge on any atom is -0.310 e. The molecule has 1 atom stereocenters. The molecule has 1 aliphatic rings. The molecule has 0 radical (unpaired) electrons. The van der Waals surface area contributed by atoms with Crippen molar-refractivity contribution in [1.29, 1.82) is 0 Å². The highest BCUT2D eigenvalue weighted by atomic mass is 35.5. The Labute approximate surface area is 158 Å². The standard InChI is InChI=1S/C18H14ClFN4OS/c1-10-15-17(16-11(19)5-4-6-12(16)20)26-9-14(25)22-18(15)24(23-10)13-7-2-3-8-21-13/h2-8,17H,9H2,1H3,(H,22,25)/t17-/m0/s1. The van der Waals surface area contributed by atoms with Crippen LogP contribution in [0.4, 0.5) is 10.2 Å². The zero-order chi connectivity index (χ0) is 18.3. The molecule has 2 aromatic heterocycles. The molecule has 0 fully saturated rings. The molecular weight excluding hydrogens is 375 g/mol. The Morgan fingerprint density at radius 3 is 2.85 bits per heavy atom. The molecule has 8 heteroatoms. The highest BCUT2D eigenvalue weighted by molar-refractivity contribution is 8.00. The fourth-order valence-corrected chi connectivity index (χ4v) is 4.60. The first kappa shape index (κ1) is 17.1. The maximum absolute atomic E-state index is 14.6. The van der Waals surface area contributed by atoms with Gasteiger partial charge in [-0.15, -0.1) is 11.8 Å². The SMILES string of the molecule is Cc1nn(-c2ccccn2)c2c1[C@@H](c1c(F)cccc1Cl)SCC(=O)N2. The Morgan fingerprint density at radius 2 is 2.12 bits per heavy atom. The third kappa shape index (κ3) is 2.87. The van der Waals surface area contributed by atoms with E-state index in [0.29, 0.717) is 27.9 Å². The summed E-state index contributed by atoms with van der Waals surface area (Å²) >= 11 is 7.63. The van der Waals surface area contributed by atoms with Crippen molar-refractivity contribution in [3.63, 3.8) is 0 Å². The number of anilines is 1. The van der Waals surface area contributed by atoms with Crippen LogP contribution in [0.15, 0.2) is 42.6 Å². The average molecular weight is 389 g/mol. The van der Waals surface area contributed by atoms with Crippen molar-refractivity contribution in [2.24, 2.45) is 0 Å². The van der Waals surface area contributed by atoms with Crippen LogP contribution in [0.2, 0.25) is 5.02 Å². The number of nitrogens with one attached hydrogen (secondary N) is 1. The van der Waals surface area contributed by atoms with Gasteiger partial charge in [-0.25, -0.2) is 9.37 Å². The van der Waals surface area contributed by atoms with Crippen molar-refractivity contribution >= 4 is 35.1 Å². The largest absolute Gasteiger partial charge is 0.310 e. The number of rotatable bonds is 2. The number of nitrogens with zero attached hydrogens (tertiary/aromatic N) is 3. The van der Waals surface area contributed by atoms with Gasteiger partial charge in [0.2, 0.25) is 5.91 Å². The van der Waals surface area contributed by atoms with E-state index in [-0.39, 0.29) is 11.7 Å². The molecular formula is C18H14ClFN4OS. The molecule has 3 heterocycles. The van der Waals surface area contributed by atoms with Gasteiger partial charge in [0.05, 0.1) is 16.7 Å². The zero-order valence-corrected chi connectivity index (χ0v) is 15.3. The van der Waals surface area contributed by atoms with Crippen LogP contribution in [0.3, 0.4) is 0 Å². The number of aryl methyl sites for hydroxylation is 1. The van der Waals surface area contributed by atoms with Crippen molar-refractivity contribution in [3.05, 3.63) is 70.3 Å². The third-order valence-corrected chi connectivity index (χ3v) is 5.70. The molecule has 0 spiro atoms. The lowest BCUT2D eigenvalue weighted by molar-refractivity contribution is -0.113. The van der Waals surface area contributed by atoms with Gasteiger partial charge in [-0.2, -0.15) is 9.78 Å². The lowest BCUT2D eigenvalue weighted by atomic mass is 10.0.